The number of aromatic nitrogens is 1. The SMILES string of the molecule is CCc1ncc(SCC2=C(C(=O)O)N3C(=O)C(NC(=O)C(=S=O)c4cccs4)[C@H]3SC2)s1. The highest BCUT2D eigenvalue weighted by molar-refractivity contribution is 8.02. The van der Waals surface area contributed by atoms with E-state index in [1.54, 1.807) is 35.0 Å². The van der Waals surface area contributed by atoms with Crippen molar-refractivity contribution in [3.63, 3.8) is 0 Å². The minimum atomic E-state index is -1.16. The number of nitrogens with one attached hydrogen (secondary N) is 1. The second kappa shape index (κ2) is 9.91. The number of carbonyl (C=O) groups excluding carboxylic acids is 2. The van der Waals surface area contributed by atoms with Crippen LogP contribution >= 0.6 is 46.2 Å². The molecule has 2 N–H and O–H groups in total. The summed E-state index contributed by atoms with van der Waals surface area (Å²) in [5, 5.41) is 14.7. The summed E-state index contributed by atoms with van der Waals surface area (Å²) in [5.41, 5.74) is 0.645. The minimum Gasteiger partial charge on any atom is -0.477 e. The highest BCUT2D eigenvalue weighted by atomic mass is 32.2. The Morgan fingerprint density at radius 1 is 1.41 bits per heavy atom. The van der Waals surface area contributed by atoms with Gasteiger partial charge in [0.25, 0.3) is 11.8 Å². The maximum absolute atomic E-state index is 12.8. The quantitative estimate of drug-likeness (QED) is 0.232. The van der Waals surface area contributed by atoms with Crippen LogP contribution in [-0.4, -0.2) is 64.8 Å². The van der Waals surface area contributed by atoms with Gasteiger partial charge in [0.15, 0.2) is 0 Å². The zero-order valence-corrected chi connectivity index (χ0v) is 20.7. The standard InChI is InChI=1S/C19H17N3O5S5/c1-2-11-20-6-12(31-11)29-7-9-8-30-18-13(17(24)22(18)14(9)19(25)26)21-16(23)15(32-27)10-4-3-5-28-10/h3-6,13,18H,2,7-8H2,1H3,(H,21,23)(H,25,26)/t13?,18-/m1/s1. The molecular weight excluding hydrogens is 511 g/mol. The number of rotatable bonds is 8. The van der Waals surface area contributed by atoms with Gasteiger partial charge in [-0.3, -0.25) is 14.5 Å². The van der Waals surface area contributed by atoms with Crippen LogP contribution in [0.2, 0.25) is 0 Å². The molecule has 32 heavy (non-hydrogen) atoms. The third kappa shape index (κ3) is 4.44. The second-order valence-electron chi connectivity index (χ2n) is 6.72. The van der Waals surface area contributed by atoms with Crippen LogP contribution in [0.25, 0.3) is 0 Å². The smallest absolute Gasteiger partial charge is 0.352 e. The molecule has 0 aromatic carbocycles. The van der Waals surface area contributed by atoms with Crippen LogP contribution in [0.3, 0.4) is 0 Å². The van der Waals surface area contributed by atoms with Crippen molar-refractivity contribution in [1.82, 2.24) is 15.2 Å². The number of carboxylic acids is 1. The van der Waals surface area contributed by atoms with E-state index < -0.39 is 29.2 Å². The molecule has 4 rings (SSSR count). The highest BCUT2D eigenvalue weighted by Crippen LogP contribution is 2.42. The fraction of sp³-hybridized carbons (Fsp3) is 0.316. The Kier molecular flexibility index (Phi) is 7.20. The molecule has 0 bridgehead atoms. The fourth-order valence-electron chi connectivity index (χ4n) is 3.28. The monoisotopic (exact) mass is 527 g/mol. The summed E-state index contributed by atoms with van der Waals surface area (Å²) in [6.07, 6.45) is 2.63. The Hall–Kier alpha value is -1.93. The number of carbonyl (C=O) groups is 3. The van der Waals surface area contributed by atoms with Gasteiger partial charge in [0.2, 0.25) is 0 Å². The average Bonchev–Trinajstić information content (AvgIpc) is 3.48. The van der Waals surface area contributed by atoms with Gasteiger partial charge in [-0.05, 0) is 23.4 Å². The number of aryl methyl sites for hydroxylation is 1. The van der Waals surface area contributed by atoms with Crippen LogP contribution in [0.5, 0.6) is 0 Å². The summed E-state index contributed by atoms with van der Waals surface area (Å²) in [4.78, 5) is 43.4. The molecule has 1 saturated heterocycles. The van der Waals surface area contributed by atoms with Crippen molar-refractivity contribution in [3.8, 4) is 0 Å². The van der Waals surface area contributed by atoms with Crippen molar-refractivity contribution >= 4 is 80.1 Å². The molecule has 2 aliphatic heterocycles. The van der Waals surface area contributed by atoms with E-state index in [0.29, 0.717) is 22.0 Å². The summed E-state index contributed by atoms with van der Waals surface area (Å²) in [5.74, 6) is -1.39. The fourth-order valence-corrected chi connectivity index (χ4v) is 7.92. The van der Waals surface area contributed by atoms with Crippen molar-refractivity contribution in [2.24, 2.45) is 0 Å². The maximum atomic E-state index is 12.8. The number of thiophene rings is 1. The third-order valence-corrected chi connectivity index (χ3v) is 10.1. The first-order valence-electron chi connectivity index (χ1n) is 9.43. The Labute approximate surface area is 203 Å². The van der Waals surface area contributed by atoms with Gasteiger partial charge in [0, 0.05) is 11.5 Å². The van der Waals surface area contributed by atoms with Gasteiger partial charge in [-0.1, -0.05) is 13.0 Å². The molecule has 0 aliphatic carbocycles. The van der Waals surface area contributed by atoms with Crippen molar-refractivity contribution < 1.29 is 23.7 Å². The number of aliphatic carboxylic acids is 1. The van der Waals surface area contributed by atoms with Gasteiger partial charge in [-0.15, -0.1) is 46.2 Å². The number of fused-ring (bicyclic) bond motifs is 1. The van der Waals surface area contributed by atoms with Crippen LogP contribution in [0.15, 0.2) is 39.2 Å². The summed E-state index contributed by atoms with van der Waals surface area (Å²) in [6.45, 7) is 2.03. The molecule has 2 aromatic heterocycles. The largest absolute Gasteiger partial charge is 0.477 e. The lowest BCUT2D eigenvalue weighted by atomic mass is 10.0. The van der Waals surface area contributed by atoms with Crippen LogP contribution in [-0.2, 0) is 32.1 Å². The predicted octanol–water partition coefficient (Wildman–Crippen LogP) is 2.03. The van der Waals surface area contributed by atoms with E-state index in [2.05, 4.69) is 10.3 Å². The van der Waals surface area contributed by atoms with Crippen LogP contribution < -0.4 is 5.32 Å². The van der Waals surface area contributed by atoms with Crippen LogP contribution in [0.4, 0.5) is 0 Å². The molecule has 0 radical (unpaired) electrons. The van der Waals surface area contributed by atoms with Gasteiger partial charge >= 0.3 is 5.97 Å². The maximum Gasteiger partial charge on any atom is 0.352 e. The molecule has 13 heteroatoms. The number of carboxylic acid groups (broad SMARTS) is 1. The minimum absolute atomic E-state index is 0.00541. The summed E-state index contributed by atoms with van der Waals surface area (Å²) in [6, 6.07) is 2.53. The molecule has 0 spiro atoms. The number of thiazole rings is 1. The molecular formula is C19H17N3O5S5. The molecule has 1 unspecified atom stereocenters. The van der Waals surface area contributed by atoms with Crippen molar-refractivity contribution in [2.75, 3.05) is 11.5 Å². The van der Waals surface area contributed by atoms with Crippen molar-refractivity contribution in [2.45, 2.75) is 29.0 Å². The topological polar surface area (TPSA) is 117 Å². The lowest BCUT2D eigenvalue weighted by Gasteiger charge is -2.49. The van der Waals surface area contributed by atoms with E-state index in [4.69, 9.17) is 0 Å². The van der Waals surface area contributed by atoms with Gasteiger partial charge in [0.1, 0.15) is 33.2 Å². The second-order valence-corrected chi connectivity index (χ2v) is 11.7. The Morgan fingerprint density at radius 2 is 2.22 bits per heavy atom. The van der Waals surface area contributed by atoms with Crippen LogP contribution in [0.1, 0.15) is 16.8 Å². The first kappa shape index (κ1) is 23.2. The number of β-lactam (4-membered cyclic amide) rings is 1. The number of thioether (sulfide) groups is 2. The van der Waals surface area contributed by atoms with E-state index in [9.17, 15) is 23.7 Å². The molecule has 2 aromatic rings. The Morgan fingerprint density at radius 3 is 2.84 bits per heavy atom. The highest BCUT2D eigenvalue weighted by Gasteiger charge is 2.54. The number of hydrogen-bond acceptors (Lipinski definition) is 9. The zero-order valence-electron chi connectivity index (χ0n) is 16.6. The van der Waals surface area contributed by atoms with Gasteiger partial charge in [-0.25, -0.2) is 14.0 Å². The molecule has 4 heterocycles. The molecule has 0 saturated carbocycles. The lowest BCUT2D eigenvalue weighted by molar-refractivity contribution is -0.150. The summed E-state index contributed by atoms with van der Waals surface area (Å²) >= 11 is 5.83. The predicted molar refractivity (Wildman–Crippen MR) is 128 cm³/mol. The molecule has 2 aliphatic rings. The molecule has 2 amide bonds. The number of nitrogens with zero attached hydrogens (tertiary/aromatic N) is 2. The summed E-state index contributed by atoms with van der Waals surface area (Å²) < 4.78 is 12.4. The van der Waals surface area contributed by atoms with E-state index in [1.165, 1.54) is 39.8 Å². The molecule has 8 nitrogen and oxygen atoms in total. The first-order valence-corrected chi connectivity index (χ1v) is 13.9. The lowest BCUT2D eigenvalue weighted by Crippen LogP contribution is -2.71. The molecule has 1 fully saturated rings. The Balaban J connectivity index is 1.47. The number of hydrogen-bond donors (Lipinski definition) is 2. The van der Waals surface area contributed by atoms with Crippen molar-refractivity contribution in [3.05, 3.63) is 44.9 Å². The van der Waals surface area contributed by atoms with Gasteiger partial charge in [-0.2, -0.15) is 0 Å². The first-order chi connectivity index (χ1) is 15.4. The third-order valence-electron chi connectivity index (χ3n) is 4.79. The molecule has 168 valence electrons. The summed E-state index contributed by atoms with van der Waals surface area (Å²) in [7, 11) is 0. The molecule has 2 atom stereocenters. The van der Waals surface area contributed by atoms with Crippen molar-refractivity contribution in [1.29, 1.82) is 0 Å². The zero-order chi connectivity index (χ0) is 22.8. The van der Waals surface area contributed by atoms with E-state index in [1.807, 2.05) is 6.92 Å². The van der Waals surface area contributed by atoms with Gasteiger partial charge < -0.3 is 10.4 Å². The van der Waals surface area contributed by atoms with E-state index in [-0.39, 0.29) is 21.8 Å². The normalized spacial score (nSPS) is 19.9. The Bertz CT molecular complexity index is 1150. The van der Waals surface area contributed by atoms with E-state index in [0.717, 1.165) is 15.6 Å². The van der Waals surface area contributed by atoms with E-state index >= 15 is 0 Å². The number of amides is 2. The van der Waals surface area contributed by atoms with Crippen LogP contribution in [0, 0.1) is 0 Å². The average molecular weight is 528 g/mol. The van der Waals surface area contributed by atoms with Gasteiger partial charge in [0.05, 0.1) is 20.3 Å².